The van der Waals surface area contributed by atoms with Crippen molar-refractivity contribution in [2.24, 2.45) is 0 Å². The van der Waals surface area contributed by atoms with Crippen LogP contribution in [0.4, 0.5) is 9.18 Å². The summed E-state index contributed by atoms with van der Waals surface area (Å²) in [6.07, 6.45) is 3.49. The predicted molar refractivity (Wildman–Crippen MR) is 74.5 cm³/mol. The third-order valence-corrected chi connectivity index (χ3v) is 4.05. The van der Waals surface area contributed by atoms with Gasteiger partial charge in [-0.2, -0.15) is 5.01 Å². The number of carbonyl (C=O) groups is 2. The lowest BCUT2D eigenvalue weighted by Crippen LogP contribution is -2.39. The van der Waals surface area contributed by atoms with Crippen LogP contribution in [0.25, 0.3) is 0 Å². The van der Waals surface area contributed by atoms with Crippen LogP contribution in [-0.2, 0) is 4.79 Å². The highest BCUT2D eigenvalue weighted by Crippen LogP contribution is 2.30. The number of hydrogen-bond donors (Lipinski definition) is 1. The lowest BCUT2D eigenvalue weighted by molar-refractivity contribution is -0.132. The molecule has 3 amide bonds. The van der Waals surface area contributed by atoms with E-state index in [1.54, 1.807) is 12.3 Å². The second-order valence-corrected chi connectivity index (χ2v) is 5.38. The molecule has 0 spiro atoms. The summed E-state index contributed by atoms with van der Waals surface area (Å²) in [5.74, 6) is -0.237. The number of halogens is 1. The fraction of sp³-hybridized carbons (Fsp3) is 0.231. The Balaban J connectivity index is 1.87. The first kappa shape index (κ1) is 13.7. The highest BCUT2D eigenvalue weighted by molar-refractivity contribution is 7.97. The summed E-state index contributed by atoms with van der Waals surface area (Å²) in [6.45, 7) is 0. The smallest absolute Gasteiger partial charge is 0.345 e. The van der Waals surface area contributed by atoms with Crippen LogP contribution in [0.1, 0.15) is 11.6 Å². The Hall–Kier alpha value is -2.22. The zero-order valence-corrected chi connectivity index (χ0v) is 11.9. The molecular formula is C13H12FN3O3S. The van der Waals surface area contributed by atoms with Gasteiger partial charge in [-0.3, -0.25) is 4.79 Å². The molecule has 3 rings (SSSR count). The Bertz CT molecular complexity index is 637. The standard InChI is InChI=1S/C13H12FN3O3S/c1-20-10-4-3-8(7-9(10)14)11-12(18)17(13(19)15-11)16-5-2-6-21-16/h2-5,7,11H,6H2,1H3,(H,15,19)/t11-/m0/s1. The van der Waals surface area contributed by atoms with E-state index in [0.717, 1.165) is 5.01 Å². The van der Waals surface area contributed by atoms with Gasteiger partial charge in [0.05, 0.1) is 7.11 Å². The minimum atomic E-state index is -0.896. The van der Waals surface area contributed by atoms with Gasteiger partial charge in [-0.25, -0.2) is 13.6 Å². The van der Waals surface area contributed by atoms with Crippen molar-refractivity contribution in [3.8, 4) is 5.75 Å². The van der Waals surface area contributed by atoms with Gasteiger partial charge in [0, 0.05) is 12.0 Å². The van der Waals surface area contributed by atoms with E-state index in [9.17, 15) is 14.0 Å². The number of hydrazine groups is 1. The summed E-state index contributed by atoms with van der Waals surface area (Å²) >= 11 is 1.33. The van der Waals surface area contributed by atoms with Gasteiger partial charge in [-0.05, 0) is 29.6 Å². The van der Waals surface area contributed by atoms with E-state index in [2.05, 4.69) is 5.32 Å². The van der Waals surface area contributed by atoms with E-state index >= 15 is 0 Å². The molecule has 6 nitrogen and oxygen atoms in total. The maximum atomic E-state index is 13.7. The third-order valence-electron chi connectivity index (χ3n) is 3.16. The van der Waals surface area contributed by atoms with Gasteiger partial charge in [0.2, 0.25) is 0 Å². The molecule has 0 radical (unpaired) electrons. The minimum Gasteiger partial charge on any atom is -0.494 e. The van der Waals surface area contributed by atoms with Crippen LogP contribution < -0.4 is 10.1 Å². The summed E-state index contributed by atoms with van der Waals surface area (Å²) < 4.78 is 20.0. The topological polar surface area (TPSA) is 61.9 Å². The van der Waals surface area contributed by atoms with Gasteiger partial charge in [-0.1, -0.05) is 12.1 Å². The Labute approximate surface area is 124 Å². The average molecular weight is 309 g/mol. The number of nitrogens with one attached hydrogen (secondary N) is 1. The minimum absolute atomic E-state index is 0.0883. The Morgan fingerprint density at radius 3 is 2.86 bits per heavy atom. The highest BCUT2D eigenvalue weighted by atomic mass is 32.2. The normalized spacial score (nSPS) is 21.1. The maximum absolute atomic E-state index is 13.7. The number of ether oxygens (including phenoxy) is 1. The van der Waals surface area contributed by atoms with Crippen molar-refractivity contribution in [2.45, 2.75) is 6.04 Å². The molecule has 2 heterocycles. The number of benzene rings is 1. The summed E-state index contributed by atoms with van der Waals surface area (Å²) in [5.41, 5.74) is 0.377. The summed E-state index contributed by atoms with van der Waals surface area (Å²) in [4.78, 5) is 24.3. The van der Waals surface area contributed by atoms with Gasteiger partial charge in [0.1, 0.15) is 6.04 Å². The number of urea groups is 1. The largest absolute Gasteiger partial charge is 0.494 e. The molecule has 0 saturated carbocycles. The molecular weight excluding hydrogens is 297 g/mol. The first-order valence-corrected chi connectivity index (χ1v) is 7.12. The number of rotatable bonds is 3. The van der Waals surface area contributed by atoms with Crippen molar-refractivity contribution >= 4 is 23.9 Å². The number of imide groups is 1. The zero-order valence-electron chi connectivity index (χ0n) is 11.1. The van der Waals surface area contributed by atoms with Crippen molar-refractivity contribution in [3.05, 3.63) is 41.9 Å². The van der Waals surface area contributed by atoms with Crippen molar-refractivity contribution in [3.63, 3.8) is 0 Å². The van der Waals surface area contributed by atoms with Crippen LogP contribution in [0, 0.1) is 5.82 Å². The highest BCUT2D eigenvalue weighted by Gasteiger charge is 2.42. The number of hydrogen-bond acceptors (Lipinski definition) is 5. The van der Waals surface area contributed by atoms with E-state index in [1.165, 1.54) is 35.6 Å². The molecule has 1 fully saturated rings. The van der Waals surface area contributed by atoms with Crippen molar-refractivity contribution in [1.29, 1.82) is 0 Å². The SMILES string of the molecule is COc1ccc([C@@H]2NC(=O)N(N3C=CCS3)C2=O)cc1F. The van der Waals surface area contributed by atoms with Crippen LogP contribution >= 0.6 is 11.9 Å². The summed E-state index contributed by atoms with van der Waals surface area (Å²) in [6, 6.07) is 2.75. The van der Waals surface area contributed by atoms with Crippen LogP contribution in [0.2, 0.25) is 0 Å². The van der Waals surface area contributed by atoms with Crippen LogP contribution in [-0.4, -0.2) is 34.2 Å². The average Bonchev–Trinajstić information content (AvgIpc) is 3.07. The fourth-order valence-corrected chi connectivity index (χ4v) is 2.93. The van der Waals surface area contributed by atoms with E-state index in [1.807, 2.05) is 6.08 Å². The summed E-state index contributed by atoms with van der Waals surface area (Å²) in [5, 5.41) is 3.57. The Kier molecular flexibility index (Phi) is 3.46. The van der Waals surface area contributed by atoms with E-state index in [0.29, 0.717) is 11.3 Å². The van der Waals surface area contributed by atoms with Crippen LogP contribution in [0.3, 0.4) is 0 Å². The first-order valence-electron chi connectivity index (χ1n) is 6.18. The number of methoxy groups -OCH3 is 1. The van der Waals surface area contributed by atoms with Crippen molar-refractivity contribution in [2.75, 3.05) is 12.9 Å². The molecule has 0 unspecified atom stereocenters. The number of carbonyl (C=O) groups excluding carboxylic acids is 2. The molecule has 1 atom stereocenters. The van der Waals surface area contributed by atoms with E-state index in [4.69, 9.17) is 4.74 Å². The molecule has 8 heteroatoms. The fourth-order valence-electron chi connectivity index (χ4n) is 2.16. The zero-order chi connectivity index (χ0) is 15.0. The molecule has 1 N–H and O–H groups in total. The quantitative estimate of drug-likeness (QED) is 0.682. The van der Waals surface area contributed by atoms with Gasteiger partial charge < -0.3 is 10.1 Å². The number of amides is 3. The second kappa shape index (κ2) is 5.28. The van der Waals surface area contributed by atoms with Gasteiger partial charge >= 0.3 is 6.03 Å². The van der Waals surface area contributed by atoms with Crippen molar-refractivity contribution < 1.29 is 18.7 Å². The molecule has 2 aliphatic rings. The van der Waals surface area contributed by atoms with Crippen LogP contribution in [0.15, 0.2) is 30.5 Å². The third kappa shape index (κ3) is 2.31. The second-order valence-electron chi connectivity index (χ2n) is 4.41. The van der Waals surface area contributed by atoms with Gasteiger partial charge in [0.25, 0.3) is 5.91 Å². The Morgan fingerprint density at radius 1 is 1.43 bits per heavy atom. The maximum Gasteiger partial charge on any atom is 0.345 e. The molecule has 110 valence electrons. The molecule has 1 aromatic rings. The molecule has 0 bridgehead atoms. The molecule has 1 saturated heterocycles. The van der Waals surface area contributed by atoms with E-state index in [-0.39, 0.29) is 5.75 Å². The first-order chi connectivity index (χ1) is 10.1. The predicted octanol–water partition coefficient (Wildman–Crippen LogP) is 1.82. The monoisotopic (exact) mass is 309 g/mol. The lowest BCUT2D eigenvalue weighted by Gasteiger charge is -2.22. The molecule has 0 aliphatic carbocycles. The van der Waals surface area contributed by atoms with E-state index < -0.39 is 23.8 Å². The molecule has 1 aromatic carbocycles. The Morgan fingerprint density at radius 2 is 2.24 bits per heavy atom. The van der Waals surface area contributed by atoms with Gasteiger partial charge in [-0.15, -0.1) is 0 Å². The lowest BCUT2D eigenvalue weighted by atomic mass is 10.1. The van der Waals surface area contributed by atoms with Crippen LogP contribution in [0.5, 0.6) is 5.75 Å². The molecule has 21 heavy (non-hydrogen) atoms. The van der Waals surface area contributed by atoms with Gasteiger partial charge in [0.15, 0.2) is 11.6 Å². The number of nitrogens with zero attached hydrogens (tertiary/aromatic N) is 2. The molecule has 2 aliphatic heterocycles. The molecule has 0 aromatic heterocycles. The summed E-state index contributed by atoms with van der Waals surface area (Å²) in [7, 11) is 1.36. The van der Waals surface area contributed by atoms with Crippen molar-refractivity contribution in [1.82, 2.24) is 14.7 Å².